The highest BCUT2D eigenvalue weighted by molar-refractivity contribution is 7.89. The minimum Gasteiger partial charge on any atom is -0.320 e. The summed E-state index contributed by atoms with van der Waals surface area (Å²) in [6.45, 7) is 2.39. The van der Waals surface area contributed by atoms with E-state index in [1.165, 1.54) is 22.5 Å². The summed E-state index contributed by atoms with van der Waals surface area (Å²) in [4.78, 5) is 16.6. The Balaban J connectivity index is 1.36. The van der Waals surface area contributed by atoms with Gasteiger partial charge in [-0.3, -0.25) is 0 Å². The van der Waals surface area contributed by atoms with Crippen molar-refractivity contribution >= 4 is 27.7 Å². The van der Waals surface area contributed by atoms with Gasteiger partial charge in [0.05, 0.1) is 4.90 Å². The van der Waals surface area contributed by atoms with Gasteiger partial charge in [0.1, 0.15) is 5.82 Å². The molecule has 2 amide bonds. The normalized spacial score (nSPS) is 18.9. The molecule has 2 aliphatic heterocycles. The van der Waals surface area contributed by atoms with Crippen LogP contribution in [0.3, 0.4) is 0 Å². The molecule has 0 aromatic heterocycles. The Morgan fingerprint density at radius 3 is 2.37 bits per heavy atom. The highest BCUT2D eigenvalue weighted by Gasteiger charge is 2.37. The quantitative estimate of drug-likeness (QED) is 0.698. The van der Waals surface area contributed by atoms with E-state index < -0.39 is 10.0 Å². The number of carbonyl (C=O) groups excluding carboxylic acids is 1. The van der Waals surface area contributed by atoms with Crippen LogP contribution in [-0.4, -0.2) is 60.8 Å². The second kappa shape index (κ2) is 8.53. The average molecular weight is 452 g/mol. The van der Waals surface area contributed by atoms with Crippen molar-refractivity contribution in [2.75, 3.05) is 26.2 Å². The summed E-state index contributed by atoms with van der Waals surface area (Å²) in [6.07, 6.45) is 1.19. The van der Waals surface area contributed by atoms with Gasteiger partial charge in [-0.1, -0.05) is 29.8 Å². The van der Waals surface area contributed by atoms with E-state index in [1.807, 2.05) is 4.90 Å². The molecule has 0 saturated carbocycles. The first-order chi connectivity index (χ1) is 14.3. The lowest BCUT2D eigenvalue weighted by Gasteiger charge is -2.35. The fourth-order valence-corrected chi connectivity index (χ4v) is 5.84. The van der Waals surface area contributed by atoms with Gasteiger partial charge in [0.25, 0.3) is 0 Å². The van der Waals surface area contributed by atoms with Crippen LogP contribution in [0.2, 0.25) is 5.02 Å². The second-order valence-corrected chi connectivity index (χ2v) is 9.99. The molecule has 0 atom stereocenters. The molecular weight excluding hydrogens is 429 g/mol. The zero-order valence-corrected chi connectivity index (χ0v) is 17.9. The van der Waals surface area contributed by atoms with Gasteiger partial charge in [-0.15, -0.1) is 0 Å². The number of halogens is 2. The largest absolute Gasteiger partial charge is 0.320 e. The number of rotatable bonds is 5. The maximum Gasteiger partial charge on any atom is 0.320 e. The monoisotopic (exact) mass is 451 g/mol. The smallest absolute Gasteiger partial charge is 0.320 e. The van der Waals surface area contributed by atoms with E-state index in [0.29, 0.717) is 50.6 Å². The molecule has 30 heavy (non-hydrogen) atoms. The predicted molar refractivity (Wildman–Crippen MR) is 112 cm³/mol. The number of piperidine rings is 1. The van der Waals surface area contributed by atoms with E-state index >= 15 is 0 Å². The van der Waals surface area contributed by atoms with Crippen LogP contribution in [-0.2, 0) is 16.6 Å². The summed E-state index contributed by atoms with van der Waals surface area (Å²) in [5.74, 6) is -0.299. The topological polar surface area (TPSA) is 60.9 Å². The van der Waals surface area contributed by atoms with Gasteiger partial charge >= 0.3 is 6.03 Å². The Kier molecular flexibility index (Phi) is 5.99. The third-order valence-corrected chi connectivity index (χ3v) is 7.84. The van der Waals surface area contributed by atoms with Crippen LogP contribution in [0.25, 0.3) is 0 Å². The van der Waals surface area contributed by atoms with E-state index in [1.54, 1.807) is 35.2 Å². The highest BCUT2D eigenvalue weighted by atomic mass is 35.5. The van der Waals surface area contributed by atoms with Crippen molar-refractivity contribution in [2.24, 2.45) is 0 Å². The third kappa shape index (κ3) is 4.31. The van der Waals surface area contributed by atoms with Gasteiger partial charge in [-0.25, -0.2) is 17.6 Å². The molecule has 0 N–H and O–H groups in total. The average Bonchev–Trinajstić information content (AvgIpc) is 3.10. The van der Waals surface area contributed by atoms with E-state index in [-0.39, 0.29) is 22.8 Å². The fourth-order valence-electron chi connectivity index (χ4n) is 4.07. The van der Waals surface area contributed by atoms with Crippen LogP contribution in [0.15, 0.2) is 53.4 Å². The Morgan fingerprint density at radius 1 is 1.00 bits per heavy atom. The Morgan fingerprint density at radius 2 is 1.70 bits per heavy atom. The molecule has 2 aliphatic rings. The van der Waals surface area contributed by atoms with Crippen molar-refractivity contribution < 1.29 is 17.6 Å². The standard InChI is InChI=1S/C21H23ClFN3O3S/c22-17-2-1-3-20(14-17)30(28,29)25-10-8-19(9-11-25)26-13-12-24(21(26)27)15-16-4-6-18(23)7-5-16/h1-7,14,19H,8-13,15H2. The van der Waals surface area contributed by atoms with Crippen LogP contribution in [0, 0.1) is 5.82 Å². The first-order valence-electron chi connectivity index (χ1n) is 9.90. The number of carbonyl (C=O) groups is 1. The third-order valence-electron chi connectivity index (χ3n) is 5.71. The van der Waals surface area contributed by atoms with Gasteiger partial charge in [-0.2, -0.15) is 4.31 Å². The minimum atomic E-state index is -3.60. The number of hydrogen-bond donors (Lipinski definition) is 0. The van der Waals surface area contributed by atoms with Crippen molar-refractivity contribution in [3.05, 3.63) is 64.9 Å². The molecule has 160 valence electrons. The van der Waals surface area contributed by atoms with Gasteiger partial charge < -0.3 is 9.80 Å². The Labute approximate surface area is 180 Å². The first kappa shape index (κ1) is 21.1. The molecule has 0 radical (unpaired) electrons. The number of urea groups is 1. The number of amides is 2. The van der Waals surface area contributed by atoms with Crippen LogP contribution >= 0.6 is 11.6 Å². The van der Waals surface area contributed by atoms with Crippen LogP contribution in [0.1, 0.15) is 18.4 Å². The molecule has 2 aromatic carbocycles. The zero-order chi connectivity index (χ0) is 21.3. The lowest BCUT2D eigenvalue weighted by molar-refractivity contribution is 0.153. The number of nitrogens with zero attached hydrogens (tertiary/aromatic N) is 3. The number of benzene rings is 2. The van der Waals surface area contributed by atoms with Gasteiger partial charge in [0, 0.05) is 43.8 Å². The SMILES string of the molecule is O=C1N(Cc2ccc(F)cc2)CCN1C1CCN(S(=O)(=O)c2cccc(Cl)c2)CC1. The molecule has 6 nitrogen and oxygen atoms in total. The van der Waals surface area contributed by atoms with E-state index in [2.05, 4.69) is 0 Å². The van der Waals surface area contributed by atoms with Crippen molar-refractivity contribution in [2.45, 2.75) is 30.3 Å². The van der Waals surface area contributed by atoms with Gasteiger partial charge in [0.2, 0.25) is 10.0 Å². The molecule has 0 aliphatic carbocycles. The Bertz CT molecular complexity index is 1020. The summed E-state index contributed by atoms with van der Waals surface area (Å²) >= 11 is 5.94. The molecule has 0 spiro atoms. The first-order valence-corrected chi connectivity index (χ1v) is 11.7. The molecule has 2 saturated heterocycles. The lowest BCUT2D eigenvalue weighted by Crippen LogP contribution is -2.47. The van der Waals surface area contributed by atoms with Crippen molar-refractivity contribution in [1.82, 2.24) is 14.1 Å². The minimum absolute atomic E-state index is 0.0153. The van der Waals surface area contributed by atoms with Crippen LogP contribution in [0.4, 0.5) is 9.18 Å². The van der Waals surface area contributed by atoms with Crippen LogP contribution in [0.5, 0.6) is 0 Å². The Hall–Kier alpha value is -2.16. The fraction of sp³-hybridized carbons (Fsp3) is 0.381. The van der Waals surface area contributed by atoms with E-state index in [0.717, 1.165) is 5.56 Å². The maximum atomic E-state index is 13.1. The molecule has 2 aromatic rings. The summed E-state index contributed by atoms with van der Waals surface area (Å²) in [6, 6.07) is 12.4. The molecule has 0 unspecified atom stereocenters. The van der Waals surface area contributed by atoms with E-state index in [4.69, 9.17) is 11.6 Å². The number of sulfonamides is 1. The van der Waals surface area contributed by atoms with Crippen molar-refractivity contribution in [3.63, 3.8) is 0 Å². The summed E-state index contributed by atoms with van der Waals surface area (Å²) in [5, 5.41) is 0.384. The molecule has 2 fully saturated rings. The van der Waals surface area contributed by atoms with E-state index in [9.17, 15) is 17.6 Å². The van der Waals surface area contributed by atoms with Gasteiger partial charge in [0.15, 0.2) is 0 Å². The maximum absolute atomic E-state index is 13.1. The predicted octanol–water partition coefficient (Wildman–Crippen LogP) is 3.57. The summed E-state index contributed by atoms with van der Waals surface area (Å²) in [7, 11) is -3.60. The molecule has 9 heteroatoms. The highest BCUT2D eigenvalue weighted by Crippen LogP contribution is 2.27. The molecule has 2 heterocycles. The van der Waals surface area contributed by atoms with Gasteiger partial charge in [-0.05, 0) is 48.7 Å². The van der Waals surface area contributed by atoms with Crippen LogP contribution < -0.4 is 0 Å². The molecular formula is C21H23ClFN3O3S. The number of hydrogen-bond acceptors (Lipinski definition) is 3. The van der Waals surface area contributed by atoms with Crippen molar-refractivity contribution in [3.8, 4) is 0 Å². The zero-order valence-electron chi connectivity index (χ0n) is 16.4. The molecule has 0 bridgehead atoms. The summed E-state index contributed by atoms with van der Waals surface area (Å²) < 4.78 is 40.3. The molecule has 4 rings (SSSR count). The summed E-state index contributed by atoms with van der Waals surface area (Å²) in [5.41, 5.74) is 0.883. The van der Waals surface area contributed by atoms with Crippen molar-refractivity contribution in [1.29, 1.82) is 0 Å². The lowest BCUT2D eigenvalue weighted by atomic mass is 10.1. The second-order valence-electron chi connectivity index (χ2n) is 7.62.